The van der Waals surface area contributed by atoms with Crippen LogP contribution < -0.4 is 5.32 Å². The molecule has 1 fully saturated rings. The number of carbonyl (C=O) groups excluding carboxylic acids is 1. The van der Waals surface area contributed by atoms with Gasteiger partial charge in [-0.3, -0.25) is 0 Å². The van der Waals surface area contributed by atoms with E-state index >= 15 is 0 Å². The van der Waals surface area contributed by atoms with Crippen molar-refractivity contribution in [2.45, 2.75) is 31.8 Å². The normalized spacial score (nSPS) is 21.0. The van der Waals surface area contributed by atoms with Gasteiger partial charge in [-0.2, -0.15) is 11.3 Å². The molecule has 0 aromatic carbocycles. The second kappa shape index (κ2) is 6.20. The Bertz CT molecular complexity index is 380. The Morgan fingerprint density at radius 3 is 3.22 bits per heavy atom. The second-order valence-corrected chi connectivity index (χ2v) is 5.49. The molecule has 5 heteroatoms. The highest BCUT2D eigenvalue weighted by molar-refractivity contribution is 7.07. The van der Waals surface area contributed by atoms with Gasteiger partial charge in [-0.1, -0.05) is 0 Å². The molecule has 0 spiro atoms. The minimum absolute atomic E-state index is 0.0215. The van der Waals surface area contributed by atoms with E-state index in [-0.39, 0.29) is 18.1 Å². The van der Waals surface area contributed by atoms with E-state index in [1.807, 2.05) is 11.8 Å². The third kappa shape index (κ3) is 3.03. The molecule has 1 aromatic heterocycles. The number of thiophene rings is 1. The van der Waals surface area contributed by atoms with Crippen LogP contribution in [0.5, 0.6) is 0 Å². The smallest absolute Gasteiger partial charge is 0.318 e. The molecule has 2 rings (SSSR count). The highest BCUT2D eigenvalue weighted by Gasteiger charge is 2.30. The first-order chi connectivity index (χ1) is 8.72. The molecule has 18 heavy (non-hydrogen) atoms. The summed E-state index contributed by atoms with van der Waals surface area (Å²) in [7, 11) is 1.65. The highest BCUT2D eigenvalue weighted by atomic mass is 32.1. The predicted molar refractivity (Wildman–Crippen MR) is 72.9 cm³/mol. The SMILES string of the molecule is COC[C@H](C)NC(=O)N1CCC[C@@H]1c1ccsc1. The first-order valence-electron chi connectivity index (χ1n) is 6.30. The largest absolute Gasteiger partial charge is 0.383 e. The topological polar surface area (TPSA) is 41.6 Å². The molecular formula is C13H20N2O2S. The third-order valence-electron chi connectivity index (χ3n) is 3.23. The molecule has 1 aliphatic heterocycles. The summed E-state index contributed by atoms with van der Waals surface area (Å²) < 4.78 is 5.03. The van der Waals surface area contributed by atoms with Gasteiger partial charge in [0.25, 0.3) is 0 Å². The van der Waals surface area contributed by atoms with E-state index in [4.69, 9.17) is 4.74 Å². The van der Waals surface area contributed by atoms with Gasteiger partial charge in [0.05, 0.1) is 18.7 Å². The fourth-order valence-corrected chi connectivity index (χ4v) is 3.11. The van der Waals surface area contributed by atoms with Crippen LogP contribution in [0.4, 0.5) is 4.79 Å². The molecule has 4 nitrogen and oxygen atoms in total. The zero-order valence-corrected chi connectivity index (χ0v) is 11.7. The van der Waals surface area contributed by atoms with Crippen molar-refractivity contribution in [1.29, 1.82) is 0 Å². The average molecular weight is 268 g/mol. The van der Waals surface area contributed by atoms with Crippen LogP contribution >= 0.6 is 11.3 Å². The number of nitrogens with one attached hydrogen (secondary N) is 1. The summed E-state index contributed by atoms with van der Waals surface area (Å²) in [6.45, 7) is 3.34. The zero-order valence-electron chi connectivity index (χ0n) is 10.9. The van der Waals surface area contributed by atoms with Gasteiger partial charge in [-0.15, -0.1) is 0 Å². The third-order valence-corrected chi connectivity index (χ3v) is 3.93. The van der Waals surface area contributed by atoms with Gasteiger partial charge in [-0.05, 0) is 42.2 Å². The van der Waals surface area contributed by atoms with Gasteiger partial charge in [0.2, 0.25) is 0 Å². The molecule has 0 aliphatic carbocycles. The Labute approximate surface area is 112 Å². The van der Waals surface area contributed by atoms with Crippen LogP contribution in [0, 0.1) is 0 Å². The monoisotopic (exact) mass is 268 g/mol. The van der Waals surface area contributed by atoms with Crippen LogP contribution in [0.3, 0.4) is 0 Å². The molecule has 100 valence electrons. The molecule has 1 aromatic rings. The maximum Gasteiger partial charge on any atom is 0.318 e. The van der Waals surface area contributed by atoms with E-state index in [1.165, 1.54) is 5.56 Å². The molecule has 0 radical (unpaired) electrons. The zero-order chi connectivity index (χ0) is 13.0. The number of likely N-dealkylation sites (tertiary alicyclic amines) is 1. The molecule has 0 unspecified atom stereocenters. The van der Waals surface area contributed by atoms with Crippen molar-refractivity contribution in [1.82, 2.24) is 10.2 Å². The number of hydrogen-bond acceptors (Lipinski definition) is 3. The number of ether oxygens (including phenoxy) is 1. The van der Waals surface area contributed by atoms with Crippen LogP contribution in [0.15, 0.2) is 16.8 Å². The van der Waals surface area contributed by atoms with E-state index in [1.54, 1.807) is 18.4 Å². The molecule has 1 aliphatic rings. The number of rotatable bonds is 4. The summed E-state index contributed by atoms with van der Waals surface area (Å²) in [5, 5.41) is 7.18. The Balaban J connectivity index is 1.97. The average Bonchev–Trinajstić information content (AvgIpc) is 3.00. The molecule has 2 amide bonds. The van der Waals surface area contributed by atoms with E-state index in [9.17, 15) is 4.79 Å². The van der Waals surface area contributed by atoms with Crippen molar-refractivity contribution >= 4 is 17.4 Å². The van der Waals surface area contributed by atoms with Crippen LogP contribution in [-0.4, -0.2) is 37.2 Å². The van der Waals surface area contributed by atoms with Gasteiger partial charge >= 0.3 is 6.03 Å². The van der Waals surface area contributed by atoms with Crippen LogP contribution in [0.2, 0.25) is 0 Å². The molecule has 2 heterocycles. The number of amides is 2. The summed E-state index contributed by atoms with van der Waals surface area (Å²) in [6.07, 6.45) is 2.13. The number of urea groups is 1. The molecule has 0 saturated carbocycles. The van der Waals surface area contributed by atoms with Crippen molar-refractivity contribution in [2.75, 3.05) is 20.3 Å². The summed E-state index contributed by atoms with van der Waals surface area (Å²) in [6, 6.07) is 2.42. The van der Waals surface area contributed by atoms with Crippen molar-refractivity contribution in [3.05, 3.63) is 22.4 Å². The number of methoxy groups -OCH3 is 1. The minimum Gasteiger partial charge on any atom is -0.383 e. The Morgan fingerprint density at radius 1 is 1.72 bits per heavy atom. The molecular weight excluding hydrogens is 248 g/mol. The van der Waals surface area contributed by atoms with Gasteiger partial charge in [0.15, 0.2) is 0 Å². The fraction of sp³-hybridized carbons (Fsp3) is 0.615. The van der Waals surface area contributed by atoms with Crippen molar-refractivity contribution < 1.29 is 9.53 Å². The lowest BCUT2D eigenvalue weighted by molar-refractivity contribution is 0.157. The van der Waals surface area contributed by atoms with Crippen molar-refractivity contribution in [3.63, 3.8) is 0 Å². The van der Waals surface area contributed by atoms with Crippen molar-refractivity contribution in [3.8, 4) is 0 Å². The summed E-state index contributed by atoms with van der Waals surface area (Å²) in [4.78, 5) is 14.1. The van der Waals surface area contributed by atoms with E-state index in [2.05, 4.69) is 22.1 Å². The highest BCUT2D eigenvalue weighted by Crippen LogP contribution is 2.32. The maximum atomic E-state index is 12.2. The predicted octanol–water partition coefficient (Wildman–Crippen LogP) is 2.63. The van der Waals surface area contributed by atoms with Gasteiger partial charge in [0, 0.05) is 13.7 Å². The minimum atomic E-state index is 0.0215. The van der Waals surface area contributed by atoms with E-state index in [0.717, 1.165) is 19.4 Å². The van der Waals surface area contributed by atoms with Gasteiger partial charge < -0.3 is 15.0 Å². The van der Waals surface area contributed by atoms with E-state index in [0.29, 0.717) is 6.61 Å². The summed E-state index contributed by atoms with van der Waals surface area (Å²) >= 11 is 1.68. The van der Waals surface area contributed by atoms with Gasteiger partial charge in [0.1, 0.15) is 0 Å². The molecule has 0 bridgehead atoms. The number of nitrogens with zero attached hydrogens (tertiary/aromatic N) is 1. The number of carbonyl (C=O) groups is 1. The lowest BCUT2D eigenvalue weighted by Crippen LogP contribution is -2.44. The summed E-state index contributed by atoms with van der Waals surface area (Å²) in [5.41, 5.74) is 1.26. The standard InChI is InChI=1S/C13H20N2O2S/c1-10(8-17-2)14-13(16)15-6-3-4-12(15)11-5-7-18-9-11/h5,7,9-10,12H,3-4,6,8H2,1-2H3,(H,14,16)/t10-,12+/m0/s1. The first-order valence-corrected chi connectivity index (χ1v) is 7.25. The van der Waals surface area contributed by atoms with E-state index < -0.39 is 0 Å². The van der Waals surface area contributed by atoms with Crippen LogP contribution in [0.1, 0.15) is 31.4 Å². The van der Waals surface area contributed by atoms with Crippen LogP contribution in [0.25, 0.3) is 0 Å². The molecule has 1 saturated heterocycles. The lowest BCUT2D eigenvalue weighted by Gasteiger charge is -2.26. The summed E-state index contributed by atoms with van der Waals surface area (Å²) in [5.74, 6) is 0. The molecule has 1 N–H and O–H groups in total. The quantitative estimate of drug-likeness (QED) is 0.912. The van der Waals surface area contributed by atoms with Gasteiger partial charge in [-0.25, -0.2) is 4.79 Å². The fourth-order valence-electron chi connectivity index (χ4n) is 2.41. The van der Waals surface area contributed by atoms with Crippen LogP contribution in [-0.2, 0) is 4.74 Å². The Morgan fingerprint density at radius 2 is 2.56 bits per heavy atom. The maximum absolute atomic E-state index is 12.2. The first kappa shape index (κ1) is 13.4. The lowest BCUT2D eigenvalue weighted by atomic mass is 10.1. The Kier molecular flexibility index (Phi) is 4.60. The second-order valence-electron chi connectivity index (χ2n) is 4.71. The Hall–Kier alpha value is -1.07. The molecule has 2 atom stereocenters. The van der Waals surface area contributed by atoms with Crippen molar-refractivity contribution in [2.24, 2.45) is 0 Å². The number of hydrogen-bond donors (Lipinski definition) is 1.